The van der Waals surface area contributed by atoms with Crippen LogP contribution in [0.1, 0.15) is 54.5 Å². The summed E-state index contributed by atoms with van der Waals surface area (Å²) in [6.45, 7) is 3.22. The van der Waals surface area contributed by atoms with Crippen LogP contribution in [-0.2, 0) is 28.3 Å². The fraction of sp³-hybridized carbons (Fsp3) is 0.314. The number of benzene rings is 3. The van der Waals surface area contributed by atoms with Crippen LogP contribution < -0.4 is 9.80 Å². The summed E-state index contributed by atoms with van der Waals surface area (Å²) in [6, 6.07) is 22.5. The lowest BCUT2D eigenvalue weighted by molar-refractivity contribution is -0.139. The molecular formula is C35H36ClN5O4. The van der Waals surface area contributed by atoms with Crippen LogP contribution in [0.2, 0.25) is 5.02 Å². The first kappa shape index (κ1) is 30.7. The summed E-state index contributed by atoms with van der Waals surface area (Å²) in [5.74, 6) is -1.12. The molecule has 232 valence electrons. The summed E-state index contributed by atoms with van der Waals surface area (Å²) in [5.41, 5.74) is 2.62. The molecule has 4 aromatic rings. The summed E-state index contributed by atoms with van der Waals surface area (Å²) in [5, 5.41) is 30.9. The molecule has 3 aromatic carbocycles. The van der Waals surface area contributed by atoms with E-state index in [1.54, 1.807) is 32.7 Å². The van der Waals surface area contributed by atoms with Gasteiger partial charge in [0.25, 0.3) is 5.91 Å². The molecule has 1 aromatic heterocycles. The average molecular weight is 626 g/mol. The van der Waals surface area contributed by atoms with Crippen LogP contribution in [0.5, 0.6) is 0 Å². The summed E-state index contributed by atoms with van der Waals surface area (Å²) in [7, 11) is 0. The Balaban J connectivity index is 1.16. The maximum absolute atomic E-state index is 14.0. The average Bonchev–Trinajstić information content (AvgIpc) is 3.75. The second-order valence-corrected chi connectivity index (χ2v) is 12.1. The maximum atomic E-state index is 14.0. The van der Waals surface area contributed by atoms with E-state index in [1.807, 2.05) is 79.9 Å². The third-order valence-corrected chi connectivity index (χ3v) is 9.01. The van der Waals surface area contributed by atoms with Gasteiger partial charge in [-0.2, -0.15) is 0 Å². The molecule has 0 radical (unpaired) electrons. The predicted molar refractivity (Wildman–Crippen MR) is 173 cm³/mol. The summed E-state index contributed by atoms with van der Waals surface area (Å²) in [4.78, 5) is 29.7. The van der Waals surface area contributed by atoms with E-state index < -0.39 is 17.4 Å². The number of aliphatic hydroxyl groups is 2. The number of hydrogen-bond acceptors (Lipinski definition) is 6. The summed E-state index contributed by atoms with van der Waals surface area (Å²) in [6.07, 6.45) is 7.59. The van der Waals surface area contributed by atoms with Gasteiger partial charge in [0.15, 0.2) is 5.60 Å². The fourth-order valence-electron chi connectivity index (χ4n) is 6.29. The lowest BCUT2D eigenvalue weighted by Gasteiger charge is -2.28. The predicted octanol–water partition coefficient (Wildman–Crippen LogP) is 5.20. The number of carbonyl (C=O) groups is 2. The Morgan fingerprint density at radius 2 is 1.89 bits per heavy atom. The highest BCUT2D eigenvalue weighted by molar-refractivity contribution is 6.31. The number of amides is 2. The number of hydrogen-bond donors (Lipinski definition) is 2. The number of aryl methyl sites for hydroxylation is 1. The third kappa shape index (κ3) is 6.03. The molecule has 1 fully saturated rings. The van der Waals surface area contributed by atoms with E-state index in [4.69, 9.17) is 11.6 Å². The van der Waals surface area contributed by atoms with Crippen molar-refractivity contribution in [1.29, 1.82) is 0 Å². The van der Waals surface area contributed by atoms with Crippen LogP contribution in [0.25, 0.3) is 0 Å². The number of halogens is 1. The Labute approximate surface area is 267 Å². The molecule has 1 saturated heterocycles. The van der Waals surface area contributed by atoms with Crippen molar-refractivity contribution in [2.24, 2.45) is 5.92 Å². The van der Waals surface area contributed by atoms with E-state index in [9.17, 15) is 19.8 Å². The molecule has 0 aliphatic carbocycles. The highest BCUT2D eigenvalue weighted by atomic mass is 35.5. The van der Waals surface area contributed by atoms with Gasteiger partial charge in [-0.15, -0.1) is 5.10 Å². The molecule has 45 heavy (non-hydrogen) atoms. The van der Waals surface area contributed by atoms with Crippen molar-refractivity contribution < 1.29 is 19.8 Å². The molecule has 0 bridgehead atoms. The van der Waals surface area contributed by atoms with Gasteiger partial charge < -0.3 is 20.0 Å². The van der Waals surface area contributed by atoms with Gasteiger partial charge in [0.1, 0.15) is 0 Å². The first-order valence-electron chi connectivity index (χ1n) is 15.3. The Bertz CT molecular complexity index is 1720. The van der Waals surface area contributed by atoms with Gasteiger partial charge in [-0.3, -0.25) is 14.3 Å². The number of aromatic nitrogens is 3. The molecule has 2 amide bonds. The third-order valence-electron chi connectivity index (χ3n) is 8.77. The zero-order valence-electron chi connectivity index (χ0n) is 25.1. The molecule has 10 heteroatoms. The zero-order valence-corrected chi connectivity index (χ0v) is 25.8. The van der Waals surface area contributed by atoms with Gasteiger partial charge >= 0.3 is 0 Å². The van der Waals surface area contributed by atoms with Crippen molar-refractivity contribution in [2.45, 2.75) is 50.8 Å². The number of rotatable bonds is 11. The number of anilines is 2. The van der Waals surface area contributed by atoms with E-state index in [1.165, 1.54) is 0 Å². The molecule has 0 saturated carbocycles. The van der Waals surface area contributed by atoms with Gasteiger partial charge in [0.05, 0.1) is 30.5 Å². The topological polar surface area (TPSA) is 112 Å². The van der Waals surface area contributed by atoms with Crippen LogP contribution in [-0.4, -0.2) is 50.2 Å². The molecule has 2 aliphatic rings. The minimum atomic E-state index is -1.80. The van der Waals surface area contributed by atoms with Crippen LogP contribution in [0.3, 0.4) is 0 Å². The van der Waals surface area contributed by atoms with Crippen molar-refractivity contribution in [3.63, 3.8) is 0 Å². The molecule has 3 heterocycles. The van der Waals surface area contributed by atoms with Crippen LogP contribution in [0.15, 0.2) is 91.1 Å². The molecular weight excluding hydrogens is 590 g/mol. The smallest absolute Gasteiger partial charge is 0.264 e. The van der Waals surface area contributed by atoms with Crippen molar-refractivity contribution >= 4 is 34.8 Å². The Hall–Kier alpha value is -4.31. The van der Waals surface area contributed by atoms with Crippen LogP contribution >= 0.6 is 11.6 Å². The first-order chi connectivity index (χ1) is 21.8. The van der Waals surface area contributed by atoms with Crippen LogP contribution in [0, 0.1) is 5.92 Å². The molecule has 0 spiro atoms. The van der Waals surface area contributed by atoms with E-state index in [-0.39, 0.29) is 25.0 Å². The molecule has 2 N–H and O–H groups in total. The van der Waals surface area contributed by atoms with Gasteiger partial charge in [-0.25, -0.2) is 0 Å². The number of nitrogens with zero attached hydrogens (tertiary/aromatic N) is 5. The molecule has 3 atom stereocenters. The number of fused-ring (bicyclic) bond motifs is 1. The Morgan fingerprint density at radius 1 is 1.07 bits per heavy atom. The number of aliphatic hydroxyl groups excluding tert-OH is 1. The van der Waals surface area contributed by atoms with Crippen molar-refractivity contribution in [2.75, 3.05) is 23.0 Å². The van der Waals surface area contributed by atoms with Gasteiger partial charge in [-0.1, -0.05) is 78.4 Å². The first-order valence-corrected chi connectivity index (χ1v) is 15.6. The minimum Gasteiger partial charge on any atom is -0.395 e. The van der Waals surface area contributed by atoms with E-state index in [2.05, 4.69) is 10.3 Å². The zero-order chi connectivity index (χ0) is 31.6. The molecule has 1 unspecified atom stereocenters. The normalized spacial score (nSPS) is 19.5. The second kappa shape index (κ2) is 13.0. The second-order valence-electron chi connectivity index (χ2n) is 11.7. The van der Waals surface area contributed by atoms with Gasteiger partial charge in [-0.05, 0) is 54.3 Å². The van der Waals surface area contributed by atoms with Gasteiger partial charge in [0.2, 0.25) is 5.91 Å². The van der Waals surface area contributed by atoms with E-state index >= 15 is 0 Å². The molecule has 2 aliphatic heterocycles. The molecule has 6 rings (SSSR count). The van der Waals surface area contributed by atoms with Crippen molar-refractivity contribution in [3.05, 3.63) is 119 Å². The minimum absolute atomic E-state index is 0.0706. The quantitative estimate of drug-likeness (QED) is 0.222. The standard InChI is InChI=1S/C35H36ClN5O4/c1-24(9-5-6-17-39-22-31(37-38-39)29(23-42)26-11-3-2-4-12-26)35(45)30-20-27(36)15-16-32(30)41(34(35)44)21-25-10-7-13-28(19-25)40-18-8-14-33(40)43/h2-5,7,9-13,15-16,19-20,22,24,29,42,45H,6,8,14,17-18,21,23H2,1H3/b9-5+/t24-,29?,35+/m0/s1. The van der Waals surface area contributed by atoms with Crippen molar-refractivity contribution in [3.8, 4) is 0 Å². The van der Waals surface area contributed by atoms with E-state index in [0.717, 1.165) is 23.2 Å². The van der Waals surface area contributed by atoms with Crippen LogP contribution in [0.4, 0.5) is 11.4 Å². The Morgan fingerprint density at radius 3 is 2.64 bits per heavy atom. The monoisotopic (exact) mass is 625 g/mol. The largest absolute Gasteiger partial charge is 0.395 e. The lowest BCUT2D eigenvalue weighted by atomic mass is 9.83. The van der Waals surface area contributed by atoms with Crippen molar-refractivity contribution in [1.82, 2.24) is 15.0 Å². The number of carbonyl (C=O) groups excluding carboxylic acids is 2. The fourth-order valence-corrected chi connectivity index (χ4v) is 6.46. The number of allylic oxidation sites excluding steroid dienone is 1. The summed E-state index contributed by atoms with van der Waals surface area (Å²) < 4.78 is 1.73. The highest BCUT2D eigenvalue weighted by Gasteiger charge is 2.52. The lowest BCUT2D eigenvalue weighted by Crippen LogP contribution is -2.44. The maximum Gasteiger partial charge on any atom is 0.264 e. The summed E-state index contributed by atoms with van der Waals surface area (Å²) >= 11 is 6.36. The van der Waals surface area contributed by atoms with Gasteiger partial charge in [0, 0.05) is 47.9 Å². The SMILES string of the molecule is C[C@@H](/C=C/CCn1cc(C(CO)c2ccccc2)nn1)[C@]1(O)C(=O)N(Cc2cccc(N3CCCC3=O)c2)c2ccc(Cl)cc21. The molecule has 9 nitrogen and oxygen atoms in total. The van der Waals surface area contributed by atoms with E-state index in [0.29, 0.717) is 47.9 Å². The Kier molecular flexibility index (Phi) is 8.85. The highest BCUT2D eigenvalue weighted by Crippen LogP contribution is 2.47.